The Labute approximate surface area is 73.4 Å². The second-order valence-corrected chi connectivity index (χ2v) is 3.31. The Morgan fingerprint density at radius 1 is 1.25 bits per heavy atom. The maximum absolute atomic E-state index is 12.5. The van der Waals surface area contributed by atoms with Crippen molar-refractivity contribution in [1.29, 1.82) is 0 Å². The van der Waals surface area contributed by atoms with Crippen molar-refractivity contribution in [2.45, 2.75) is 32.9 Å². The van der Waals surface area contributed by atoms with E-state index in [9.17, 15) is 4.39 Å². The van der Waals surface area contributed by atoms with Crippen molar-refractivity contribution < 1.29 is 4.39 Å². The molecule has 0 aliphatic carbocycles. The molecule has 0 N–H and O–H groups in total. The zero-order chi connectivity index (χ0) is 8.97. The molecule has 0 spiro atoms. The van der Waals surface area contributed by atoms with Crippen LogP contribution in [0.25, 0.3) is 0 Å². The third-order valence-electron chi connectivity index (χ3n) is 1.95. The second-order valence-electron chi connectivity index (χ2n) is 3.31. The molecule has 1 atom stereocenters. The zero-order valence-electron chi connectivity index (χ0n) is 7.68. The molecule has 0 aliphatic rings. The molecule has 0 fully saturated rings. The number of alkyl halides is 1. The summed E-state index contributed by atoms with van der Waals surface area (Å²) in [6.45, 7) is 3.66. The fraction of sp³-hybridized carbons (Fsp3) is 0.455. The summed E-state index contributed by atoms with van der Waals surface area (Å²) in [5, 5.41) is 0. The highest BCUT2D eigenvalue weighted by molar-refractivity contribution is 5.21. The quantitative estimate of drug-likeness (QED) is 0.646. The standard InChI is InChI=1S/C11H15F/c1-9-3-6-11(7-4-9)8-5-10(2)12/h3-4,6-7,10H,5,8H2,1-2H3. The highest BCUT2D eigenvalue weighted by Gasteiger charge is 1.98. The van der Waals surface area contributed by atoms with Gasteiger partial charge in [0.25, 0.3) is 0 Å². The number of rotatable bonds is 3. The van der Waals surface area contributed by atoms with Crippen LogP contribution >= 0.6 is 0 Å². The largest absolute Gasteiger partial charge is 0.248 e. The molecule has 0 amide bonds. The molecular formula is C11H15F. The van der Waals surface area contributed by atoms with Gasteiger partial charge in [-0.2, -0.15) is 0 Å². The molecule has 0 heterocycles. The van der Waals surface area contributed by atoms with Gasteiger partial charge in [-0.1, -0.05) is 29.8 Å². The molecule has 1 aromatic rings. The fourth-order valence-electron chi connectivity index (χ4n) is 1.12. The third-order valence-corrected chi connectivity index (χ3v) is 1.95. The van der Waals surface area contributed by atoms with E-state index in [1.54, 1.807) is 6.92 Å². The topological polar surface area (TPSA) is 0 Å². The minimum absolute atomic E-state index is 0.628. The van der Waals surface area contributed by atoms with Crippen LogP contribution in [0.3, 0.4) is 0 Å². The van der Waals surface area contributed by atoms with E-state index in [0.29, 0.717) is 6.42 Å². The molecule has 1 unspecified atom stereocenters. The second kappa shape index (κ2) is 4.24. The van der Waals surface area contributed by atoms with Gasteiger partial charge in [0, 0.05) is 0 Å². The predicted molar refractivity (Wildman–Crippen MR) is 50.1 cm³/mol. The van der Waals surface area contributed by atoms with E-state index in [1.807, 2.05) is 0 Å². The Kier molecular flexibility index (Phi) is 3.27. The van der Waals surface area contributed by atoms with Gasteiger partial charge < -0.3 is 0 Å². The van der Waals surface area contributed by atoms with Crippen molar-refractivity contribution in [3.8, 4) is 0 Å². The molecule has 12 heavy (non-hydrogen) atoms. The number of halogens is 1. The van der Waals surface area contributed by atoms with E-state index in [-0.39, 0.29) is 0 Å². The number of aryl methyl sites for hydroxylation is 2. The number of benzene rings is 1. The maximum atomic E-state index is 12.5. The first kappa shape index (κ1) is 9.24. The van der Waals surface area contributed by atoms with Gasteiger partial charge in [-0.05, 0) is 32.3 Å². The summed E-state index contributed by atoms with van der Waals surface area (Å²) < 4.78 is 12.5. The molecule has 1 heteroatoms. The van der Waals surface area contributed by atoms with Crippen LogP contribution in [0.5, 0.6) is 0 Å². The lowest BCUT2D eigenvalue weighted by Gasteiger charge is -2.02. The van der Waals surface area contributed by atoms with E-state index in [4.69, 9.17) is 0 Å². The van der Waals surface area contributed by atoms with Crippen LogP contribution < -0.4 is 0 Å². The average Bonchev–Trinajstić information content (AvgIpc) is 2.03. The Morgan fingerprint density at radius 3 is 2.33 bits per heavy atom. The van der Waals surface area contributed by atoms with Crippen LogP contribution in [-0.2, 0) is 6.42 Å². The molecule has 1 rings (SSSR count). The van der Waals surface area contributed by atoms with E-state index in [1.165, 1.54) is 11.1 Å². The molecule has 0 aromatic heterocycles. The molecule has 0 saturated carbocycles. The monoisotopic (exact) mass is 166 g/mol. The lowest BCUT2D eigenvalue weighted by molar-refractivity contribution is 0.341. The van der Waals surface area contributed by atoms with Gasteiger partial charge in [0.1, 0.15) is 0 Å². The molecule has 0 aliphatic heterocycles. The summed E-state index contributed by atoms with van der Waals surface area (Å²) >= 11 is 0. The van der Waals surface area contributed by atoms with Crippen molar-refractivity contribution in [3.63, 3.8) is 0 Å². The van der Waals surface area contributed by atoms with Gasteiger partial charge in [-0.15, -0.1) is 0 Å². The number of hydrogen-bond acceptors (Lipinski definition) is 0. The average molecular weight is 166 g/mol. The lowest BCUT2D eigenvalue weighted by atomic mass is 10.1. The first-order valence-electron chi connectivity index (χ1n) is 4.38. The Hall–Kier alpha value is -0.850. The van der Waals surface area contributed by atoms with Gasteiger partial charge in [0.05, 0.1) is 6.17 Å². The third kappa shape index (κ3) is 3.04. The molecule has 0 saturated heterocycles. The molecule has 0 nitrogen and oxygen atoms in total. The van der Waals surface area contributed by atoms with E-state index in [2.05, 4.69) is 31.2 Å². The van der Waals surface area contributed by atoms with Gasteiger partial charge >= 0.3 is 0 Å². The summed E-state index contributed by atoms with van der Waals surface area (Å²) in [6.07, 6.45) is 0.785. The smallest absolute Gasteiger partial charge is 0.0976 e. The SMILES string of the molecule is Cc1ccc(CCC(C)F)cc1. The predicted octanol–water partition coefficient (Wildman–Crippen LogP) is 3.29. The van der Waals surface area contributed by atoms with E-state index >= 15 is 0 Å². The van der Waals surface area contributed by atoms with Crippen molar-refractivity contribution in [1.82, 2.24) is 0 Å². The van der Waals surface area contributed by atoms with Crippen LogP contribution in [0.4, 0.5) is 4.39 Å². The highest BCUT2D eigenvalue weighted by atomic mass is 19.1. The van der Waals surface area contributed by atoms with E-state index < -0.39 is 6.17 Å². The molecule has 0 radical (unpaired) electrons. The van der Waals surface area contributed by atoms with Gasteiger partial charge in [-0.25, -0.2) is 4.39 Å². The molecule has 1 aromatic carbocycles. The lowest BCUT2D eigenvalue weighted by Crippen LogP contribution is -1.95. The molecule has 0 bridgehead atoms. The van der Waals surface area contributed by atoms with Gasteiger partial charge in [0.2, 0.25) is 0 Å². The van der Waals surface area contributed by atoms with Crippen molar-refractivity contribution in [3.05, 3.63) is 35.4 Å². The molecule has 66 valence electrons. The maximum Gasteiger partial charge on any atom is 0.0976 e. The van der Waals surface area contributed by atoms with Crippen LogP contribution in [0.2, 0.25) is 0 Å². The van der Waals surface area contributed by atoms with Crippen LogP contribution in [0.1, 0.15) is 24.5 Å². The summed E-state index contributed by atoms with van der Waals surface area (Å²) in [5.74, 6) is 0. The minimum Gasteiger partial charge on any atom is -0.248 e. The van der Waals surface area contributed by atoms with Crippen LogP contribution in [0, 0.1) is 6.92 Å². The Balaban J connectivity index is 2.48. The van der Waals surface area contributed by atoms with Gasteiger partial charge in [0.15, 0.2) is 0 Å². The van der Waals surface area contributed by atoms with Crippen molar-refractivity contribution >= 4 is 0 Å². The summed E-state index contributed by atoms with van der Waals surface area (Å²) in [5.41, 5.74) is 2.48. The van der Waals surface area contributed by atoms with Crippen molar-refractivity contribution in [2.24, 2.45) is 0 Å². The molecular weight excluding hydrogens is 151 g/mol. The summed E-state index contributed by atoms with van der Waals surface area (Å²) in [4.78, 5) is 0. The van der Waals surface area contributed by atoms with Crippen LogP contribution in [0.15, 0.2) is 24.3 Å². The highest BCUT2D eigenvalue weighted by Crippen LogP contribution is 2.08. The Morgan fingerprint density at radius 2 is 1.83 bits per heavy atom. The minimum atomic E-state index is -0.689. The zero-order valence-corrected chi connectivity index (χ0v) is 7.68. The Bertz CT molecular complexity index is 223. The number of hydrogen-bond donors (Lipinski definition) is 0. The fourth-order valence-corrected chi connectivity index (χ4v) is 1.12. The first-order chi connectivity index (χ1) is 5.68. The van der Waals surface area contributed by atoms with Crippen LogP contribution in [-0.4, -0.2) is 6.17 Å². The summed E-state index contributed by atoms with van der Waals surface area (Å²) in [6, 6.07) is 8.27. The van der Waals surface area contributed by atoms with Gasteiger partial charge in [-0.3, -0.25) is 0 Å². The van der Waals surface area contributed by atoms with Crippen molar-refractivity contribution in [2.75, 3.05) is 0 Å². The summed E-state index contributed by atoms with van der Waals surface area (Å²) in [7, 11) is 0. The first-order valence-corrected chi connectivity index (χ1v) is 4.38. The normalized spacial score (nSPS) is 12.9. The van der Waals surface area contributed by atoms with E-state index in [0.717, 1.165) is 6.42 Å².